The van der Waals surface area contributed by atoms with Gasteiger partial charge < -0.3 is 35.7 Å². The van der Waals surface area contributed by atoms with Gasteiger partial charge in [-0.1, -0.05) is 23.7 Å². The van der Waals surface area contributed by atoms with E-state index in [2.05, 4.69) is 25.5 Å². The summed E-state index contributed by atoms with van der Waals surface area (Å²) in [6.07, 6.45) is 1.63. The lowest BCUT2D eigenvalue weighted by Gasteiger charge is -2.38. The molecule has 34 heavy (non-hydrogen) atoms. The highest BCUT2D eigenvalue weighted by Gasteiger charge is 2.31. The van der Waals surface area contributed by atoms with E-state index in [1.807, 2.05) is 24.3 Å². The number of H-pyrrole nitrogens is 1. The van der Waals surface area contributed by atoms with Crippen molar-refractivity contribution in [2.75, 3.05) is 51.4 Å². The molecule has 182 valence electrons. The molecule has 2 aromatic carbocycles. The van der Waals surface area contributed by atoms with Gasteiger partial charge in [-0.25, -0.2) is 4.98 Å². The molecule has 2 heterocycles. The molecule has 4 rings (SSSR count). The first kappa shape index (κ1) is 24.1. The third-order valence-corrected chi connectivity index (χ3v) is 6.49. The number of aromatic nitrogens is 2. The van der Waals surface area contributed by atoms with E-state index in [-0.39, 0.29) is 18.1 Å². The molecule has 1 amide bonds. The van der Waals surface area contributed by atoms with Crippen molar-refractivity contribution in [2.45, 2.75) is 25.0 Å². The number of para-hydroxylation sites is 2. The van der Waals surface area contributed by atoms with E-state index >= 15 is 0 Å². The Morgan fingerprint density at radius 1 is 1.32 bits per heavy atom. The number of nitrogens with one attached hydrogen (secondary N) is 3. The SMILES string of the molecule is COc1cc(N)c(Cl)cc1C(=O)N[C@H]1CCN(CCCNc2nc3ccccc3[nH]2)C[C@H]1OC. The number of rotatable bonds is 9. The average molecular weight is 487 g/mol. The molecule has 1 aromatic heterocycles. The fourth-order valence-corrected chi connectivity index (χ4v) is 4.46. The molecule has 10 heteroatoms. The molecule has 5 N–H and O–H groups in total. The first-order valence-electron chi connectivity index (χ1n) is 11.4. The summed E-state index contributed by atoms with van der Waals surface area (Å²) in [5.41, 5.74) is 8.53. The van der Waals surface area contributed by atoms with Gasteiger partial charge in [0.2, 0.25) is 5.95 Å². The van der Waals surface area contributed by atoms with Crippen LogP contribution in [0.3, 0.4) is 0 Å². The van der Waals surface area contributed by atoms with Gasteiger partial charge in [-0.2, -0.15) is 0 Å². The van der Waals surface area contributed by atoms with Gasteiger partial charge >= 0.3 is 0 Å². The number of likely N-dealkylation sites (tertiary alicyclic amines) is 1. The highest BCUT2D eigenvalue weighted by molar-refractivity contribution is 6.33. The number of ether oxygens (including phenoxy) is 2. The number of carbonyl (C=O) groups is 1. The van der Waals surface area contributed by atoms with Gasteiger partial charge in [-0.05, 0) is 37.6 Å². The maximum Gasteiger partial charge on any atom is 0.255 e. The molecular weight excluding hydrogens is 456 g/mol. The second-order valence-corrected chi connectivity index (χ2v) is 8.81. The summed E-state index contributed by atoms with van der Waals surface area (Å²) in [6, 6.07) is 11.0. The van der Waals surface area contributed by atoms with Crippen LogP contribution in [0.15, 0.2) is 36.4 Å². The Balaban J connectivity index is 1.26. The zero-order chi connectivity index (χ0) is 24.1. The molecule has 1 aliphatic rings. The van der Waals surface area contributed by atoms with Gasteiger partial charge in [0.25, 0.3) is 5.91 Å². The number of amides is 1. The lowest BCUT2D eigenvalue weighted by molar-refractivity contribution is 0.00637. The fourth-order valence-electron chi connectivity index (χ4n) is 4.30. The van der Waals surface area contributed by atoms with E-state index in [1.54, 1.807) is 13.2 Å². The number of nitrogen functional groups attached to an aromatic ring is 1. The summed E-state index contributed by atoms with van der Waals surface area (Å²) in [6.45, 7) is 3.35. The predicted molar refractivity (Wildman–Crippen MR) is 135 cm³/mol. The van der Waals surface area contributed by atoms with Crippen LogP contribution in [0.25, 0.3) is 11.0 Å². The van der Waals surface area contributed by atoms with Crippen LogP contribution in [0.4, 0.5) is 11.6 Å². The van der Waals surface area contributed by atoms with Crippen LogP contribution in [0, 0.1) is 0 Å². The second-order valence-electron chi connectivity index (χ2n) is 8.40. The summed E-state index contributed by atoms with van der Waals surface area (Å²) in [7, 11) is 3.18. The molecular formula is C24H31ClN6O3. The molecule has 2 atom stereocenters. The summed E-state index contributed by atoms with van der Waals surface area (Å²) >= 11 is 6.12. The quantitative estimate of drug-likeness (QED) is 0.271. The van der Waals surface area contributed by atoms with E-state index in [0.717, 1.165) is 56.0 Å². The topological polar surface area (TPSA) is 118 Å². The number of carbonyl (C=O) groups excluding carboxylic acids is 1. The molecule has 1 fully saturated rings. The van der Waals surface area contributed by atoms with Crippen LogP contribution in [0.5, 0.6) is 5.75 Å². The molecule has 0 radical (unpaired) electrons. The maximum absolute atomic E-state index is 12.9. The van der Waals surface area contributed by atoms with E-state index < -0.39 is 0 Å². The van der Waals surface area contributed by atoms with Gasteiger partial charge in [-0.3, -0.25) is 4.79 Å². The van der Waals surface area contributed by atoms with Crippen molar-refractivity contribution in [3.63, 3.8) is 0 Å². The minimum atomic E-state index is -0.255. The summed E-state index contributed by atoms with van der Waals surface area (Å²) in [5, 5.41) is 6.76. The van der Waals surface area contributed by atoms with E-state index in [1.165, 1.54) is 13.2 Å². The van der Waals surface area contributed by atoms with Gasteiger partial charge in [0.05, 0.1) is 46.6 Å². The van der Waals surface area contributed by atoms with Gasteiger partial charge in [0.1, 0.15) is 5.75 Å². The van der Waals surface area contributed by atoms with E-state index in [0.29, 0.717) is 22.0 Å². The van der Waals surface area contributed by atoms with Crippen molar-refractivity contribution in [3.05, 3.63) is 47.0 Å². The third kappa shape index (κ3) is 5.55. The normalized spacial score (nSPS) is 18.7. The highest BCUT2D eigenvalue weighted by Crippen LogP contribution is 2.29. The molecule has 0 aliphatic carbocycles. The molecule has 0 spiro atoms. The number of benzene rings is 2. The number of nitrogens with two attached hydrogens (primary N) is 1. The molecule has 9 nitrogen and oxygen atoms in total. The fraction of sp³-hybridized carbons (Fsp3) is 0.417. The van der Waals surface area contributed by atoms with Crippen LogP contribution in [0.1, 0.15) is 23.2 Å². The molecule has 0 bridgehead atoms. The van der Waals surface area contributed by atoms with Crippen LogP contribution in [-0.4, -0.2) is 73.3 Å². The van der Waals surface area contributed by atoms with Crippen molar-refractivity contribution < 1.29 is 14.3 Å². The Morgan fingerprint density at radius 2 is 2.15 bits per heavy atom. The largest absolute Gasteiger partial charge is 0.496 e. The number of nitrogens with zero attached hydrogens (tertiary/aromatic N) is 2. The Kier molecular flexibility index (Phi) is 7.77. The number of imidazole rings is 1. The molecule has 1 aliphatic heterocycles. The summed E-state index contributed by atoms with van der Waals surface area (Å²) < 4.78 is 11.0. The Hall–Kier alpha value is -3.01. The number of fused-ring (bicyclic) bond motifs is 1. The zero-order valence-electron chi connectivity index (χ0n) is 19.4. The van der Waals surface area contributed by atoms with Gasteiger partial charge in [-0.15, -0.1) is 0 Å². The Labute approximate surface area is 203 Å². The number of halogens is 1. The first-order chi connectivity index (χ1) is 16.5. The van der Waals surface area contributed by atoms with Crippen LogP contribution in [-0.2, 0) is 4.74 Å². The minimum Gasteiger partial charge on any atom is -0.496 e. The Morgan fingerprint density at radius 3 is 2.91 bits per heavy atom. The lowest BCUT2D eigenvalue weighted by atomic mass is 10.0. The van der Waals surface area contributed by atoms with Gasteiger partial charge in [0.15, 0.2) is 0 Å². The van der Waals surface area contributed by atoms with Crippen molar-refractivity contribution >= 4 is 40.2 Å². The smallest absolute Gasteiger partial charge is 0.255 e. The molecule has 0 unspecified atom stereocenters. The molecule has 1 saturated heterocycles. The van der Waals surface area contributed by atoms with Gasteiger partial charge in [0, 0.05) is 32.8 Å². The third-order valence-electron chi connectivity index (χ3n) is 6.16. The number of aromatic amines is 1. The number of methoxy groups -OCH3 is 2. The minimum absolute atomic E-state index is 0.108. The molecule has 3 aromatic rings. The maximum atomic E-state index is 12.9. The summed E-state index contributed by atoms with van der Waals surface area (Å²) in [5.74, 6) is 0.924. The lowest BCUT2D eigenvalue weighted by Crippen LogP contribution is -2.55. The van der Waals surface area contributed by atoms with Crippen molar-refractivity contribution in [2.24, 2.45) is 0 Å². The highest BCUT2D eigenvalue weighted by atomic mass is 35.5. The van der Waals surface area contributed by atoms with Crippen LogP contribution >= 0.6 is 11.6 Å². The first-order valence-corrected chi connectivity index (χ1v) is 11.7. The van der Waals surface area contributed by atoms with Crippen molar-refractivity contribution in [1.82, 2.24) is 20.2 Å². The molecule has 0 saturated carbocycles. The second kappa shape index (κ2) is 10.9. The van der Waals surface area contributed by atoms with Crippen LogP contribution < -0.4 is 21.1 Å². The average Bonchev–Trinajstić information content (AvgIpc) is 3.26. The van der Waals surface area contributed by atoms with Crippen LogP contribution in [0.2, 0.25) is 5.02 Å². The zero-order valence-corrected chi connectivity index (χ0v) is 20.2. The number of hydrogen-bond donors (Lipinski definition) is 4. The standard InChI is InChI=1S/C24H31ClN6O3/c1-33-21-13-17(26)16(25)12-15(21)23(32)28-20-8-11-31(14-22(20)34-2)10-5-9-27-24-29-18-6-3-4-7-19(18)30-24/h3-4,6-7,12-13,20,22H,5,8-11,14,26H2,1-2H3,(H,28,32)(H2,27,29,30)/t20-,22+/m0/s1. The van der Waals surface area contributed by atoms with Crippen molar-refractivity contribution in [1.29, 1.82) is 0 Å². The number of anilines is 2. The predicted octanol–water partition coefficient (Wildman–Crippen LogP) is 3.13. The monoisotopic (exact) mass is 486 g/mol. The Bertz CT molecular complexity index is 1100. The number of hydrogen-bond acceptors (Lipinski definition) is 7. The summed E-state index contributed by atoms with van der Waals surface area (Å²) in [4.78, 5) is 23.1. The van der Waals surface area contributed by atoms with E-state index in [4.69, 9.17) is 26.8 Å². The van der Waals surface area contributed by atoms with E-state index in [9.17, 15) is 4.79 Å². The van der Waals surface area contributed by atoms with Crippen molar-refractivity contribution in [3.8, 4) is 5.75 Å². The number of piperidine rings is 1.